The van der Waals surface area contributed by atoms with E-state index < -0.39 is 10.1 Å². The molecule has 0 aliphatic carbocycles. The number of hydrogen-bond acceptors (Lipinski definition) is 4. The number of fused-ring (bicyclic) bond motifs is 2. The quantitative estimate of drug-likeness (QED) is 0.495. The van der Waals surface area contributed by atoms with E-state index in [4.69, 9.17) is 8.60 Å². The number of aryl methyl sites for hydroxylation is 1. The Morgan fingerprint density at radius 2 is 1.56 bits per heavy atom. The molecule has 4 aromatic rings. The van der Waals surface area contributed by atoms with Gasteiger partial charge in [-0.3, -0.25) is 4.18 Å². The Morgan fingerprint density at radius 1 is 0.880 bits per heavy atom. The van der Waals surface area contributed by atoms with Crippen molar-refractivity contribution >= 4 is 31.9 Å². The van der Waals surface area contributed by atoms with Crippen molar-refractivity contribution < 1.29 is 17.0 Å². The highest BCUT2D eigenvalue weighted by molar-refractivity contribution is 7.86. The Kier molecular flexibility index (Phi) is 3.82. The Balaban J connectivity index is 1.60. The van der Waals surface area contributed by atoms with Crippen LogP contribution < -0.4 is 0 Å². The molecule has 1 aromatic heterocycles. The minimum atomic E-state index is -3.81. The summed E-state index contributed by atoms with van der Waals surface area (Å²) in [6, 6.07) is 20.3. The van der Waals surface area contributed by atoms with Crippen molar-refractivity contribution in [3.8, 4) is 0 Å². The second kappa shape index (κ2) is 6.02. The molecule has 0 saturated carbocycles. The van der Waals surface area contributed by atoms with E-state index in [9.17, 15) is 8.42 Å². The summed E-state index contributed by atoms with van der Waals surface area (Å²) in [5.41, 5.74) is 1.70. The third-order valence-corrected chi connectivity index (χ3v) is 5.38. The SMILES string of the molecule is Cc1ccc(S(=O)(=O)OCc2cc3cc4ccccc4cc3o2)cc1. The van der Waals surface area contributed by atoms with Crippen LogP contribution in [0.4, 0.5) is 0 Å². The number of hydrogen-bond donors (Lipinski definition) is 0. The highest BCUT2D eigenvalue weighted by Gasteiger charge is 2.16. The van der Waals surface area contributed by atoms with Gasteiger partial charge in [-0.05, 0) is 48.0 Å². The summed E-state index contributed by atoms with van der Waals surface area (Å²) in [5.74, 6) is 0.473. The van der Waals surface area contributed by atoms with Crippen molar-refractivity contribution in [1.29, 1.82) is 0 Å². The molecule has 126 valence electrons. The van der Waals surface area contributed by atoms with Crippen LogP contribution in [0.15, 0.2) is 76.0 Å². The zero-order valence-electron chi connectivity index (χ0n) is 13.6. The predicted molar refractivity (Wildman–Crippen MR) is 96.9 cm³/mol. The second-order valence-electron chi connectivity index (χ2n) is 5.98. The van der Waals surface area contributed by atoms with Gasteiger partial charge >= 0.3 is 0 Å². The first-order valence-corrected chi connectivity index (χ1v) is 9.29. The van der Waals surface area contributed by atoms with Crippen molar-refractivity contribution in [3.63, 3.8) is 0 Å². The van der Waals surface area contributed by atoms with Gasteiger partial charge in [0.1, 0.15) is 18.0 Å². The molecule has 0 fully saturated rings. The van der Waals surface area contributed by atoms with Gasteiger partial charge in [-0.1, -0.05) is 42.0 Å². The van der Waals surface area contributed by atoms with Crippen LogP contribution in [-0.4, -0.2) is 8.42 Å². The molecular formula is C20H16O4S. The lowest BCUT2D eigenvalue weighted by atomic mass is 10.1. The standard InChI is InChI=1S/C20H16O4S/c1-14-6-8-19(9-7-14)25(21,22)23-13-18-11-17-10-15-4-2-3-5-16(15)12-20(17)24-18/h2-12H,13H2,1H3. The van der Waals surface area contributed by atoms with Gasteiger partial charge in [0.2, 0.25) is 0 Å². The zero-order chi connectivity index (χ0) is 17.4. The maximum atomic E-state index is 12.3. The minimum absolute atomic E-state index is 0.138. The van der Waals surface area contributed by atoms with E-state index in [1.54, 1.807) is 12.1 Å². The Hall–Kier alpha value is -2.63. The van der Waals surface area contributed by atoms with E-state index in [2.05, 4.69) is 0 Å². The minimum Gasteiger partial charge on any atom is -0.459 e. The van der Waals surface area contributed by atoms with Crippen molar-refractivity contribution in [3.05, 3.63) is 78.1 Å². The molecule has 0 atom stereocenters. The Labute approximate surface area is 145 Å². The van der Waals surface area contributed by atoms with Gasteiger partial charge < -0.3 is 4.42 Å². The van der Waals surface area contributed by atoms with Gasteiger partial charge in [-0.15, -0.1) is 0 Å². The van der Waals surface area contributed by atoms with Crippen molar-refractivity contribution in [2.75, 3.05) is 0 Å². The van der Waals surface area contributed by atoms with Crippen LogP contribution in [0.25, 0.3) is 21.7 Å². The van der Waals surface area contributed by atoms with Crippen molar-refractivity contribution in [2.24, 2.45) is 0 Å². The third-order valence-electron chi connectivity index (χ3n) is 4.10. The molecule has 0 aliphatic rings. The van der Waals surface area contributed by atoms with Crippen LogP contribution in [0.2, 0.25) is 0 Å². The van der Waals surface area contributed by atoms with Crippen LogP contribution in [0, 0.1) is 6.92 Å². The summed E-state index contributed by atoms with van der Waals surface area (Å²) in [6.45, 7) is 1.76. The molecule has 0 amide bonds. The average molecular weight is 352 g/mol. The summed E-state index contributed by atoms with van der Waals surface area (Å²) in [6.07, 6.45) is 0. The molecule has 25 heavy (non-hydrogen) atoms. The molecule has 3 aromatic carbocycles. The molecule has 1 heterocycles. The van der Waals surface area contributed by atoms with Crippen LogP contribution in [-0.2, 0) is 20.9 Å². The fourth-order valence-corrected chi connectivity index (χ4v) is 3.64. The lowest BCUT2D eigenvalue weighted by molar-refractivity contribution is 0.278. The summed E-state index contributed by atoms with van der Waals surface area (Å²) in [5, 5.41) is 3.10. The van der Waals surface area contributed by atoms with E-state index in [0.717, 1.165) is 21.7 Å². The van der Waals surface area contributed by atoms with Gasteiger partial charge in [-0.2, -0.15) is 8.42 Å². The first-order chi connectivity index (χ1) is 12.0. The summed E-state index contributed by atoms with van der Waals surface area (Å²) in [4.78, 5) is 0.139. The number of benzene rings is 3. The third kappa shape index (κ3) is 3.16. The largest absolute Gasteiger partial charge is 0.459 e. The highest BCUT2D eigenvalue weighted by atomic mass is 32.2. The zero-order valence-corrected chi connectivity index (χ0v) is 14.4. The van der Waals surface area contributed by atoms with Gasteiger partial charge in [0.05, 0.1) is 4.90 Å². The van der Waals surface area contributed by atoms with E-state index >= 15 is 0 Å². The topological polar surface area (TPSA) is 56.5 Å². The molecule has 0 radical (unpaired) electrons. The van der Waals surface area contributed by atoms with E-state index in [1.165, 1.54) is 12.1 Å². The lowest BCUT2D eigenvalue weighted by Gasteiger charge is -2.04. The first-order valence-electron chi connectivity index (χ1n) is 7.89. The molecular weight excluding hydrogens is 336 g/mol. The molecule has 0 aliphatic heterocycles. The molecule has 0 bridgehead atoms. The maximum Gasteiger partial charge on any atom is 0.297 e. The van der Waals surface area contributed by atoms with Crippen LogP contribution in [0.3, 0.4) is 0 Å². The van der Waals surface area contributed by atoms with Gasteiger partial charge in [0.25, 0.3) is 10.1 Å². The highest BCUT2D eigenvalue weighted by Crippen LogP contribution is 2.26. The molecule has 0 unspecified atom stereocenters. The molecule has 4 rings (SSSR count). The van der Waals surface area contributed by atoms with Crippen LogP contribution in [0.1, 0.15) is 11.3 Å². The Morgan fingerprint density at radius 3 is 2.28 bits per heavy atom. The first kappa shape index (κ1) is 15.9. The van der Waals surface area contributed by atoms with E-state index in [-0.39, 0.29) is 11.5 Å². The number of furan rings is 1. The molecule has 5 heteroatoms. The van der Waals surface area contributed by atoms with Crippen molar-refractivity contribution in [1.82, 2.24) is 0 Å². The predicted octanol–water partition coefficient (Wildman–Crippen LogP) is 4.80. The Bertz CT molecular complexity index is 1100. The summed E-state index contributed by atoms with van der Waals surface area (Å²) >= 11 is 0. The van der Waals surface area contributed by atoms with Gasteiger partial charge in [0.15, 0.2) is 0 Å². The smallest absolute Gasteiger partial charge is 0.297 e. The molecule has 0 spiro atoms. The number of rotatable bonds is 4. The monoisotopic (exact) mass is 352 g/mol. The van der Waals surface area contributed by atoms with Gasteiger partial charge in [-0.25, -0.2) is 0 Å². The van der Waals surface area contributed by atoms with E-state index in [0.29, 0.717) is 11.3 Å². The molecule has 4 nitrogen and oxygen atoms in total. The average Bonchev–Trinajstić information content (AvgIpc) is 3.00. The molecule has 0 N–H and O–H groups in total. The van der Waals surface area contributed by atoms with E-state index in [1.807, 2.05) is 49.4 Å². The molecule has 0 saturated heterocycles. The van der Waals surface area contributed by atoms with Crippen molar-refractivity contribution in [2.45, 2.75) is 18.4 Å². The van der Waals surface area contributed by atoms with Crippen LogP contribution in [0.5, 0.6) is 0 Å². The maximum absolute atomic E-state index is 12.3. The normalized spacial score (nSPS) is 12.0. The second-order valence-corrected chi connectivity index (χ2v) is 7.59. The van der Waals surface area contributed by atoms with Crippen LogP contribution >= 0.6 is 0 Å². The lowest BCUT2D eigenvalue weighted by Crippen LogP contribution is -2.06. The van der Waals surface area contributed by atoms with Gasteiger partial charge in [0, 0.05) is 5.39 Å². The fraction of sp³-hybridized carbons (Fsp3) is 0.100. The fourth-order valence-electron chi connectivity index (χ4n) is 2.76. The summed E-state index contributed by atoms with van der Waals surface area (Å²) < 4.78 is 35.4. The summed E-state index contributed by atoms with van der Waals surface area (Å²) in [7, 11) is -3.81.